The molecule has 1 aromatic heterocycles. The lowest BCUT2D eigenvalue weighted by Crippen LogP contribution is -2.57. The standard InChI is InChI=1S/C31H21BO2S/c1-18-14-15-20(31-29(18)21-8-2-7-13-28(21)35-31)19-16-26-30-27(17-19)34-25-12-6-4-10-23(25)32(30)22-9-3-5-11-24(22)33-26/h2-13,15-18H,14H2,1H3. The zero-order valence-corrected chi connectivity index (χ0v) is 20.1. The first-order chi connectivity index (χ1) is 17.3. The van der Waals surface area contributed by atoms with Crippen molar-refractivity contribution in [2.45, 2.75) is 19.3 Å². The first-order valence-electron chi connectivity index (χ1n) is 12.2. The average Bonchev–Trinajstić information content (AvgIpc) is 3.29. The fourth-order valence-corrected chi connectivity index (χ4v) is 7.44. The molecule has 1 atom stereocenters. The Hall–Kier alpha value is -3.76. The average molecular weight is 468 g/mol. The lowest BCUT2D eigenvalue weighted by atomic mass is 9.35. The van der Waals surface area contributed by atoms with Crippen LogP contribution in [-0.4, -0.2) is 6.71 Å². The van der Waals surface area contributed by atoms with E-state index in [4.69, 9.17) is 9.47 Å². The number of thiophene rings is 1. The van der Waals surface area contributed by atoms with Crippen molar-refractivity contribution in [1.82, 2.24) is 0 Å². The van der Waals surface area contributed by atoms with Gasteiger partial charge in [0.2, 0.25) is 0 Å². The molecule has 1 aliphatic carbocycles. The molecule has 4 heteroatoms. The monoisotopic (exact) mass is 468 g/mol. The quantitative estimate of drug-likeness (QED) is 0.254. The molecule has 2 nitrogen and oxygen atoms in total. The van der Waals surface area contributed by atoms with Crippen molar-refractivity contribution in [3.8, 4) is 23.0 Å². The third-order valence-electron chi connectivity index (χ3n) is 7.65. The topological polar surface area (TPSA) is 18.5 Å². The fourth-order valence-electron chi connectivity index (χ4n) is 6.06. The van der Waals surface area contributed by atoms with E-state index < -0.39 is 0 Å². The zero-order valence-electron chi connectivity index (χ0n) is 19.2. The molecule has 0 radical (unpaired) electrons. The van der Waals surface area contributed by atoms with Crippen molar-refractivity contribution >= 4 is 50.1 Å². The number of fused-ring (bicyclic) bond motifs is 7. The third kappa shape index (κ3) is 2.72. The number of rotatable bonds is 1. The summed E-state index contributed by atoms with van der Waals surface area (Å²) in [4.78, 5) is 1.38. The van der Waals surface area contributed by atoms with E-state index in [1.807, 2.05) is 23.5 Å². The second-order valence-corrected chi connectivity index (χ2v) is 10.7. The molecule has 0 N–H and O–H groups in total. The third-order valence-corrected chi connectivity index (χ3v) is 8.87. The number of hydrogen-bond acceptors (Lipinski definition) is 3. The van der Waals surface area contributed by atoms with Crippen LogP contribution in [0.5, 0.6) is 23.0 Å². The predicted molar refractivity (Wildman–Crippen MR) is 146 cm³/mol. The molecule has 0 saturated carbocycles. The zero-order chi connectivity index (χ0) is 23.1. The van der Waals surface area contributed by atoms with Crippen molar-refractivity contribution in [3.05, 3.63) is 107 Å². The van der Waals surface area contributed by atoms with Gasteiger partial charge in [-0.3, -0.25) is 0 Å². The maximum Gasteiger partial charge on any atom is 0.260 e. The molecule has 0 fully saturated rings. The molecule has 8 rings (SSSR count). The van der Waals surface area contributed by atoms with E-state index in [1.54, 1.807) is 0 Å². The number of benzene rings is 4. The minimum atomic E-state index is 0.115. The molecule has 0 bridgehead atoms. The van der Waals surface area contributed by atoms with Gasteiger partial charge in [-0.1, -0.05) is 67.6 Å². The summed E-state index contributed by atoms with van der Waals surface area (Å²) in [5.41, 5.74) is 7.46. The highest BCUT2D eigenvalue weighted by Crippen LogP contribution is 2.48. The summed E-state index contributed by atoms with van der Waals surface area (Å²) in [5, 5.41) is 1.39. The summed E-state index contributed by atoms with van der Waals surface area (Å²) in [5.74, 6) is 4.17. The summed E-state index contributed by atoms with van der Waals surface area (Å²) in [6.07, 6.45) is 3.44. The summed E-state index contributed by atoms with van der Waals surface area (Å²) in [7, 11) is 0. The van der Waals surface area contributed by atoms with Gasteiger partial charge < -0.3 is 9.47 Å². The van der Waals surface area contributed by atoms with E-state index in [9.17, 15) is 0 Å². The van der Waals surface area contributed by atoms with E-state index in [-0.39, 0.29) is 6.71 Å². The van der Waals surface area contributed by atoms with Gasteiger partial charge in [-0.15, -0.1) is 11.3 Å². The molecule has 1 unspecified atom stereocenters. The SMILES string of the molecule is CC1CC=C(c2cc3c4c(c2)Oc2ccccc2B4c2ccccc2O3)c2sc3ccccc3c21. The van der Waals surface area contributed by atoms with Crippen LogP contribution < -0.4 is 25.9 Å². The number of hydrogen-bond donors (Lipinski definition) is 0. The van der Waals surface area contributed by atoms with E-state index in [2.05, 4.69) is 85.8 Å². The van der Waals surface area contributed by atoms with Crippen LogP contribution in [0.3, 0.4) is 0 Å². The molecule has 3 aliphatic rings. The van der Waals surface area contributed by atoms with Crippen molar-refractivity contribution in [2.24, 2.45) is 0 Å². The number of allylic oxidation sites excluding steroid dienone is 1. The van der Waals surface area contributed by atoms with Crippen LogP contribution in [0.25, 0.3) is 15.7 Å². The second-order valence-electron chi connectivity index (χ2n) is 9.69. The molecule has 35 heavy (non-hydrogen) atoms. The summed E-state index contributed by atoms with van der Waals surface area (Å²) in [6.45, 7) is 2.45. The Morgan fingerprint density at radius 3 is 2.11 bits per heavy atom. The van der Waals surface area contributed by atoms with Gasteiger partial charge in [-0.25, -0.2) is 0 Å². The Morgan fingerprint density at radius 2 is 1.40 bits per heavy atom. The van der Waals surface area contributed by atoms with Crippen molar-refractivity contribution in [1.29, 1.82) is 0 Å². The lowest BCUT2D eigenvalue weighted by Gasteiger charge is -2.33. The second kappa shape index (κ2) is 7.13. The van der Waals surface area contributed by atoms with Gasteiger partial charge in [0.1, 0.15) is 23.0 Å². The van der Waals surface area contributed by atoms with Gasteiger partial charge in [0, 0.05) is 15.0 Å². The molecule has 3 heterocycles. The molecule has 2 aliphatic heterocycles. The van der Waals surface area contributed by atoms with Gasteiger partial charge >= 0.3 is 0 Å². The number of ether oxygens (including phenoxy) is 2. The van der Waals surface area contributed by atoms with Crippen molar-refractivity contribution in [2.75, 3.05) is 0 Å². The first-order valence-corrected chi connectivity index (χ1v) is 13.0. The highest BCUT2D eigenvalue weighted by atomic mass is 32.1. The van der Waals surface area contributed by atoms with Crippen LogP contribution in [0.1, 0.15) is 35.3 Å². The minimum absolute atomic E-state index is 0.115. The predicted octanol–water partition coefficient (Wildman–Crippen LogP) is 6.57. The van der Waals surface area contributed by atoms with Crippen LogP contribution in [0.15, 0.2) is 91.0 Å². The van der Waals surface area contributed by atoms with E-state index in [0.29, 0.717) is 5.92 Å². The molecular weight excluding hydrogens is 447 g/mol. The highest BCUT2D eigenvalue weighted by molar-refractivity contribution is 7.20. The maximum absolute atomic E-state index is 6.53. The summed E-state index contributed by atoms with van der Waals surface area (Å²) >= 11 is 1.90. The van der Waals surface area contributed by atoms with Gasteiger partial charge in [0.25, 0.3) is 6.71 Å². The van der Waals surface area contributed by atoms with E-state index in [1.165, 1.54) is 37.0 Å². The van der Waals surface area contributed by atoms with Gasteiger partial charge in [-0.2, -0.15) is 0 Å². The van der Waals surface area contributed by atoms with Gasteiger partial charge in [-0.05, 0) is 75.7 Å². The lowest BCUT2D eigenvalue weighted by molar-refractivity contribution is 0.464. The van der Waals surface area contributed by atoms with Gasteiger partial charge in [0.15, 0.2) is 0 Å². The Balaban J connectivity index is 1.36. The minimum Gasteiger partial charge on any atom is -0.458 e. The smallest absolute Gasteiger partial charge is 0.260 e. The highest BCUT2D eigenvalue weighted by Gasteiger charge is 2.40. The van der Waals surface area contributed by atoms with Crippen LogP contribution in [-0.2, 0) is 0 Å². The molecular formula is C31H21BO2S. The molecule has 166 valence electrons. The van der Waals surface area contributed by atoms with Crippen LogP contribution in [0.4, 0.5) is 0 Å². The van der Waals surface area contributed by atoms with Crippen LogP contribution >= 0.6 is 11.3 Å². The van der Waals surface area contributed by atoms with Crippen molar-refractivity contribution in [3.63, 3.8) is 0 Å². The van der Waals surface area contributed by atoms with Crippen molar-refractivity contribution < 1.29 is 9.47 Å². The fraction of sp³-hybridized carbons (Fsp3) is 0.0968. The Bertz CT molecular complexity index is 1640. The normalized spacial score (nSPS) is 16.9. The van der Waals surface area contributed by atoms with Crippen LogP contribution in [0, 0.1) is 0 Å². The Kier molecular flexibility index (Phi) is 3.98. The van der Waals surface area contributed by atoms with E-state index >= 15 is 0 Å². The molecule has 4 aromatic carbocycles. The van der Waals surface area contributed by atoms with Gasteiger partial charge in [0.05, 0.1) is 0 Å². The number of para-hydroxylation sites is 2. The Morgan fingerprint density at radius 1 is 0.771 bits per heavy atom. The Labute approximate surface area is 208 Å². The van der Waals surface area contributed by atoms with E-state index in [0.717, 1.165) is 40.4 Å². The molecule has 0 saturated heterocycles. The van der Waals surface area contributed by atoms with Crippen LogP contribution in [0.2, 0.25) is 0 Å². The maximum atomic E-state index is 6.53. The molecule has 0 amide bonds. The largest absolute Gasteiger partial charge is 0.458 e. The first kappa shape index (κ1) is 19.5. The molecule has 5 aromatic rings. The molecule has 0 spiro atoms. The summed E-state index contributed by atoms with van der Waals surface area (Å²) in [6, 6.07) is 30.1. The summed E-state index contributed by atoms with van der Waals surface area (Å²) < 4.78 is 14.4.